The predicted molar refractivity (Wildman–Crippen MR) is 117 cm³/mol. The molecule has 2 aromatic carbocycles. The minimum Gasteiger partial charge on any atom is -0.490 e. The Kier molecular flexibility index (Phi) is 9.85. The van der Waals surface area contributed by atoms with E-state index < -0.39 is 5.82 Å². The first-order valence-electron chi connectivity index (χ1n) is 10.8. The molecule has 0 aliphatic carbocycles. The summed E-state index contributed by atoms with van der Waals surface area (Å²) in [5, 5.41) is 3.33. The third kappa shape index (κ3) is 7.28. The number of carbonyl (C=O) groups is 1. The number of nitrogens with one attached hydrogen (secondary N) is 1. The summed E-state index contributed by atoms with van der Waals surface area (Å²) >= 11 is 0. The molecule has 2 aromatic rings. The number of carbonyl (C=O) groups excluding carboxylic acids is 1. The second-order valence-electron chi connectivity index (χ2n) is 7.63. The van der Waals surface area contributed by atoms with E-state index in [1.54, 1.807) is 18.2 Å². The maximum Gasteiger partial charge on any atom is 0.175 e. The van der Waals surface area contributed by atoms with Crippen LogP contribution in [0.5, 0.6) is 5.75 Å². The van der Waals surface area contributed by atoms with Crippen molar-refractivity contribution in [3.05, 3.63) is 65.5 Å². The largest absolute Gasteiger partial charge is 0.490 e. The van der Waals surface area contributed by atoms with Gasteiger partial charge in [-0.3, -0.25) is 4.79 Å². The van der Waals surface area contributed by atoms with Crippen LogP contribution in [0, 0.1) is 11.7 Å². The summed E-state index contributed by atoms with van der Waals surface area (Å²) in [4.78, 5) is 12.5. The average molecular weight is 400 g/mol. The van der Waals surface area contributed by atoms with E-state index in [9.17, 15) is 9.18 Å². The van der Waals surface area contributed by atoms with Crippen molar-refractivity contribution in [2.24, 2.45) is 5.92 Å². The first-order valence-corrected chi connectivity index (χ1v) is 10.8. The maximum atomic E-state index is 14.8. The van der Waals surface area contributed by atoms with Crippen molar-refractivity contribution < 1.29 is 13.9 Å². The highest BCUT2D eigenvalue weighted by atomic mass is 19.1. The second-order valence-corrected chi connectivity index (χ2v) is 7.63. The number of ether oxygens (including phenoxy) is 1. The van der Waals surface area contributed by atoms with Gasteiger partial charge in [-0.25, -0.2) is 4.39 Å². The van der Waals surface area contributed by atoms with Crippen LogP contribution in [0.25, 0.3) is 0 Å². The van der Waals surface area contributed by atoms with Gasteiger partial charge in [-0.15, -0.1) is 0 Å². The van der Waals surface area contributed by atoms with Crippen molar-refractivity contribution in [3.63, 3.8) is 0 Å². The second kappa shape index (κ2) is 12.4. The molecule has 0 radical (unpaired) electrons. The molecule has 158 valence electrons. The molecule has 0 aliphatic rings. The molecule has 0 amide bonds. The van der Waals surface area contributed by atoms with Crippen LogP contribution in [0.1, 0.15) is 74.8 Å². The third-order valence-electron chi connectivity index (χ3n) is 5.23. The minimum atomic E-state index is -0.541. The van der Waals surface area contributed by atoms with Crippen LogP contribution in [-0.4, -0.2) is 18.9 Å². The first kappa shape index (κ1) is 23.1. The lowest BCUT2D eigenvalue weighted by molar-refractivity contribution is 0.0976. The number of Topliss-reactive ketones (excluding diaryl/α,β-unsaturated/α-hetero) is 1. The molecule has 3 nitrogen and oxygen atoms in total. The quantitative estimate of drug-likeness (QED) is 0.399. The lowest BCUT2D eigenvalue weighted by Crippen LogP contribution is -2.22. The van der Waals surface area contributed by atoms with Crippen molar-refractivity contribution in [1.29, 1.82) is 0 Å². The van der Waals surface area contributed by atoms with Gasteiger partial charge in [-0.1, -0.05) is 63.1 Å². The Bertz CT molecular complexity index is 742. The summed E-state index contributed by atoms with van der Waals surface area (Å²) in [6.45, 7) is 7.34. The molecule has 0 spiro atoms. The van der Waals surface area contributed by atoms with Crippen molar-refractivity contribution >= 4 is 5.78 Å². The molecule has 0 aliphatic heterocycles. The molecule has 1 atom stereocenters. The van der Waals surface area contributed by atoms with E-state index in [-0.39, 0.29) is 29.6 Å². The summed E-state index contributed by atoms with van der Waals surface area (Å²) < 4.78 is 20.6. The Morgan fingerprint density at radius 2 is 1.72 bits per heavy atom. The molecule has 2 rings (SSSR count). The zero-order valence-electron chi connectivity index (χ0n) is 17.9. The normalized spacial score (nSPS) is 12.2. The predicted octanol–water partition coefficient (Wildman–Crippen LogP) is 6.34. The molecule has 0 heterocycles. The van der Waals surface area contributed by atoms with Gasteiger partial charge in [0.1, 0.15) is 0 Å². The summed E-state index contributed by atoms with van der Waals surface area (Å²) in [5.74, 6) is -0.147. The highest BCUT2D eigenvalue weighted by Crippen LogP contribution is 2.24. The van der Waals surface area contributed by atoms with Gasteiger partial charge in [0.15, 0.2) is 17.3 Å². The van der Waals surface area contributed by atoms with Gasteiger partial charge < -0.3 is 10.1 Å². The van der Waals surface area contributed by atoms with E-state index in [4.69, 9.17) is 4.74 Å². The molecule has 4 heteroatoms. The topological polar surface area (TPSA) is 38.3 Å². The fourth-order valence-corrected chi connectivity index (χ4v) is 3.57. The van der Waals surface area contributed by atoms with Gasteiger partial charge in [-0.05, 0) is 43.4 Å². The Labute approximate surface area is 174 Å². The lowest BCUT2D eigenvalue weighted by Gasteiger charge is -2.17. The van der Waals surface area contributed by atoms with Crippen LogP contribution in [0.15, 0.2) is 48.5 Å². The van der Waals surface area contributed by atoms with Crippen LogP contribution >= 0.6 is 0 Å². The van der Waals surface area contributed by atoms with E-state index in [0.717, 1.165) is 31.2 Å². The monoisotopic (exact) mass is 399 g/mol. The Balaban J connectivity index is 1.91. The van der Waals surface area contributed by atoms with Crippen LogP contribution < -0.4 is 10.1 Å². The number of hydrogen-bond donors (Lipinski definition) is 1. The zero-order chi connectivity index (χ0) is 21.1. The summed E-state index contributed by atoms with van der Waals surface area (Å²) in [6, 6.07) is 15.0. The van der Waals surface area contributed by atoms with Gasteiger partial charge >= 0.3 is 0 Å². The minimum absolute atomic E-state index is 0.110. The van der Waals surface area contributed by atoms with E-state index in [1.165, 1.54) is 0 Å². The van der Waals surface area contributed by atoms with Gasteiger partial charge in [0.05, 0.1) is 12.2 Å². The SMILES string of the molecule is CCCC(CCC)COc1cccc(C(=O)CCNC(C)c2ccccc2)c1F. The molecule has 29 heavy (non-hydrogen) atoms. The number of rotatable bonds is 13. The Morgan fingerprint density at radius 3 is 2.38 bits per heavy atom. The molecule has 0 saturated carbocycles. The van der Waals surface area contributed by atoms with Crippen LogP contribution in [0.3, 0.4) is 0 Å². The highest BCUT2D eigenvalue weighted by molar-refractivity contribution is 5.96. The van der Waals surface area contributed by atoms with Crippen molar-refractivity contribution in [1.82, 2.24) is 5.32 Å². The Morgan fingerprint density at radius 1 is 1.03 bits per heavy atom. The van der Waals surface area contributed by atoms with Gasteiger partial charge in [0.2, 0.25) is 0 Å². The molecule has 0 fully saturated rings. The molecule has 0 saturated heterocycles. The first-order chi connectivity index (χ1) is 14.1. The van der Waals surface area contributed by atoms with E-state index in [0.29, 0.717) is 19.1 Å². The number of ketones is 1. The number of hydrogen-bond acceptors (Lipinski definition) is 3. The fraction of sp³-hybridized carbons (Fsp3) is 0.480. The van der Waals surface area contributed by atoms with Crippen LogP contribution in [-0.2, 0) is 0 Å². The van der Waals surface area contributed by atoms with Crippen molar-refractivity contribution in [2.75, 3.05) is 13.2 Å². The van der Waals surface area contributed by atoms with Gasteiger partial charge in [-0.2, -0.15) is 0 Å². The number of halogens is 1. The summed E-state index contributed by atoms with van der Waals surface area (Å²) in [6.07, 6.45) is 4.55. The summed E-state index contributed by atoms with van der Waals surface area (Å²) in [5.41, 5.74) is 1.27. The van der Waals surface area contributed by atoms with Gasteiger partial charge in [0, 0.05) is 19.0 Å². The van der Waals surface area contributed by atoms with E-state index in [1.807, 2.05) is 30.3 Å². The smallest absolute Gasteiger partial charge is 0.175 e. The van der Waals surface area contributed by atoms with Crippen molar-refractivity contribution in [3.8, 4) is 5.75 Å². The lowest BCUT2D eigenvalue weighted by atomic mass is 9.99. The third-order valence-corrected chi connectivity index (χ3v) is 5.23. The van der Waals surface area contributed by atoms with Gasteiger partial charge in [0.25, 0.3) is 0 Å². The molecular formula is C25H34FNO2. The summed E-state index contributed by atoms with van der Waals surface area (Å²) in [7, 11) is 0. The van der Waals surface area contributed by atoms with Crippen LogP contribution in [0.2, 0.25) is 0 Å². The van der Waals surface area contributed by atoms with Crippen LogP contribution in [0.4, 0.5) is 4.39 Å². The average Bonchev–Trinajstić information content (AvgIpc) is 2.73. The zero-order valence-corrected chi connectivity index (χ0v) is 17.9. The fourth-order valence-electron chi connectivity index (χ4n) is 3.57. The van der Waals surface area contributed by atoms with E-state index >= 15 is 0 Å². The molecule has 1 N–H and O–H groups in total. The standard InChI is InChI=1S/C25H34FNO2/c1-4-10-20(11-5-2)18-29-24-15-9-14-22(25(24)26)23(28)16-17-27-19(3)21-12-7-6-8-13-21/h6-9,12-15,19-20,27H,4-5,10-11,16-18H2,1-3H3. The maximum absolute atomic E-state index is 14.8. The molecule has 1 unspecified atom stereocenters. The molecule has 0 bridgehead atoms. The van der Waals surface area contributed by atoms with Crippen molar-refractivity contribution in [2.45, 2.75) is 58.9 Å². The molecule has 0 aromatic heterocycles. The molecular weight excluding hydrogens is 365 g/mol. The van der Waals surface area contributed by atoms with E-state index in [2.05, 4.69) is 26.1 Å². The number of benzene rings is 2. The Hall–Kier alpha value is -2.20. The highest BCUT2D eigenvalue weighted by Gasteiger charge is 2.17.